The van der Waals surface area contributed by atoms with Crippen molar-refractivity contribution in [3.8, 4) is 0 Å². The van der Waals surface area contributed by atoms with Crippen LogP contribution in [0.15, 0.2) is 48.5 Å². The van der Waals surface area contributed by atoms with Crippen molar-refractivity contribution < 1.29 is 14.0 Å². The molecule has 1 fully saturated rings. The van der Waals surface area contributed by atoms with Gasteiger partial charge in [-0.3, -0.25) is 9.59 Å². The maximum absolute atomic E-state index is 13.9. The molecule has 0 saturated carbocycles. The molecule has 0 unspecified atom stereocenters. The lowest BCUT2D eigenvalue weighted by Gasteiger charge is -2.17. The number of amides is 2. The van der Waals surface area contributed by atoms with Gasteiger partial charge in [0.15, 0.2) is 0 Å². The molecular formula is C21H23FN2O2. The average molecular weight is 354 g/mol. The third-order valence-corrected chi connectivity index (χ3v) is 4.75. The Bertz CT molecular complexity index is 802. The smallest absolute Gasteiger partial charge is 0.227 e. The van der Waals surface area contributed by atoms with Gasteiger partial charge in [0.2, 0.25) is 11.8 Å². The molecule has 2 amide bonds. The van der Waals surface area contributed by atoms with Crippen molar-refractivity contribution in [2.24, 2.45) is 5.92 Å². The minimum absolute atomic E-state index is 0.104. The van der Waals surface area contributed by atoms with E-state index in [1.54, 1.807) is 18.2 Å². The molecule has 0 spiro atoms. The lowest BCUT2D eigenvalue weighted by Crippen LogP contribution is -2.32. The van der Waals surface area contributed by atoms with Crippen LogP contribution in [-0.2, 0) is 16.1 Å². The van der Waals surface area contributed by atoms with Gasteiger partial charge >= 0.3 is 0 Å². The monoisotopic (exact) mass is 354 g/mol. The van der Waals surface area contributed by atoms with Gasteiger partial charge in [-0.05, 0) is 29.2 Å². The lowest BCUT2D eigenvalue weighted by molar-refractivity contribution is -0.126. The molecule has 3 rings (SSSR count). The SMILES string of the molecule is CC(C)c1ccc(CNC(=O)[C@@H]2CC(=O)N(c3ccccc3F)C2)cc1. The van der Waals surface area contributed by atoms with E-state index in [2.05, 4.69) is 31.3 Å². The average Bonchev–Trinajstić information content (AvgIpc) is 3.02. The highest BCUT2D eigenvalue weighted by Gasteiger charge is 2.35. The number of halogens is 1. The number of rotatable bonds is 5. The molecule has 1 saturated heterocycles. The Balaban J connectivity index is 1.59. The van der Waals surface area contributed by atoms with Crippen molar-refractivity contribution in [3.05, 3.63) is 65.5 Å². The number of nitrogens with zero attached hydrogens (tertiary/aromatic N) is 1. The Morgan fingerprint density at radius 3 is 2.54 bits per heavy atom. The molecule has 0 radical (unpaired) electrons. The highest BCUT2D eigenvalue weighted by molar-refractivity contribution is 6.00. The fourth-order valence-electron chi connectivity index (χ4n) is 3.14. The molecule has 4 nitrogen and oxygen atoms in total. The molecule has 0 aliphatic carbocycles. The number of nitrogens with one attached hydrogen (secondary N) is 1. The van der Waals surface area contributed by atoms with Crippen LogP contribution in [0.25, 0.3) is 0 Å². The van der Waals surface area contributed by atoms with Gasteiger partial charge in [-0.25, -0.2) is 4.39 Å². The summed E-state index contributed by atoms with van der Waals surface area (Å²) in [4.78, 5) is 26.0. The first-order valence-electron chi connectivity index (χ1n) is 8.87. The molecule has 5 heteroatoms. The van der Waals surface area contributed by atoms with Crippen molar-refractivity contribution in [3.63, 3.8) is 0 Å². The summed E-state index contributed by atoms with van der Waals surface area (Å²) in [6.45, 7) is 4.89. The number of anilines is 1. The van der Waals surface area contributed by atoms with Gasteiger partial charge in [0.1, 0.15) is 5.82 Å². The lowest BCUT2D eigenvalue weighted by atomic mass is 10.0. The molecule has 2 aromatic rings. The van der Waals surface area contributed by atoms with Crippen molar-refractivity contribution in [1.29, 1.82) is 0 Å². The molecule has 1 heterocycles. The molecule has 0 bridgehead atoms. The van der Waals surface area contributed by atoms with Crippen molar-refractivity contribution in [2.75, 3.05) is 11.4 Å². The fraction of sp³-hybridized carbons (Fsp3) is 0.333. The molecule has 2 aromatic carbocycles. The van der Waals surface area contributed by atoms with E-state index in [0.29, 0.717) is 12.5 Å². The molecule has 136 valence electrons. The third-order valence-electron chi connectivity index (χ3n) is 4.75. The Kier molecular flexibility index (Phi) is 5.35. The van der Waals surface area contributed by atoms with E-state index < -0.39 is 11.7 Å². The maximum Gasteiger partial charge on any atom is 0.227 e. The number of benzene rings is 2. The number of para-hydroxylation sites is 1. The van der Waals surface area contributed by atoms with Crippen molar-refractivity contribution >= 4 is 17.5 Å². The zero-order valence-corrected chi connectivity index (χ0v) is 15.0. The van der Waals surface area contributed by atoms with Crippen LogP contribution < -0.4 is 10.2 Å². The van der Waals surface area contributed by atoms with E-state index in [-0.39, 0.29) is 30.5 Å². The van der Waals surface area contributed by atoms with Crippen LogP contribution in [0.1, 0.15) is 37.3 Å². The van der Waals surface area contributed by atoms with E-state index in [4.69, 9.17) is 0 Å². The zero-order chi connectivity index (χ0) is 18.7. The largest absolute Gasteiger partial charge is 0.352 e. The summed E-state index contributed by atoms with van der Waals surface area (Å²) in [5.41, 5.74) is 2.50. The van der Waals surface area contributed by atoms with Crippen molar-refractivity contribution in [2.45, 2.75) is 32.7 Å². The summed E-state index contributed by atoms with van der Waals surface area (Å²) < 4.78 is 13.9. The minimum atomic E-state index is -0.461. The summed E-state index contributed by atoms with van der Waals surface area (Å²) >= 11 is 0. The second-order valence-electron chi connectivity index (χ2n) is 6.97. The van der Waals surface area contributed by atoms with Gasteiger partial charge in [0.25, 0.3) is 0 Å². The Morgan fingerprint density at radius 2 is 1.88 bits per heavy atom. The molecule has 1 atom stereocenters. The first-order valence-corrected chi connectivity index (χ1v) is 8.87. The highest BCUT2D eigenvalue weighted by atomic mass is 19.1. The topological polar surface area (TPSA) is 49.4 Å². The Labute approximate surface area is 153 Å². The molecule has 26 heavy (non-hydrogen) atoms. The number of hydrogen-bond acceptors (Lipinski definition) is 2. The highest BCUT2D eigenvalue weighted by Crippen LogP contribution is 2.27. The Morgan fingerprint density at radius 1 is 1.19 bits per heavy atom. The first-order chi connectivity index (χ1) is 12.5. The van der Waals surface area contributed by atoms with Crippen LogP contribution in [0.3, 0.4) is 0 Å². The van der Waals surface area contributed by atoms with E-state index in [1.165, 1.54) is 16.5 Å². The fourth-order valence-corrected chi connectivity index (χ4v) is 3.14. The van der Waals surface area contributed by atoms with Gasteiger partial charge < -0.3 is 10.2 Å². The van der Waals surface area contributed by atoms with Crippen molar-refractivity contribution in [1.82, 2.24) is 5.32 Å². The molecular weight excluding hydrogens is 331 g/mol. The van der Waals surface area contributed by atoms with Gasteiger partial charge in [-0.2, -0.15) is 0 Å². The van der Waals surface area contributed by atoms with E-state index >= 15 is 0 Å². The standard InChI is InChI=1S/C21H23FN2O2/c1-14(2)16-9-7-15(8-10-16)12-23-21(26)17-11-20(25)24(13-17)19-6-4-3-5-18(19)22/h3-10,14,17H,11-13H2,1-2H3,(H,23,26)/t17-/m1/s1. The van der Waals surface area contributed by atoms with Crippen LogP contribution in [0, 0.1) is 11.7 Å². The second-order valence-corrected chi connectivity index (χ2v) is 6.97. The van der Waals surface area contributed by atoms with Crippen LogP contribution in [0.4, 0.5) is 10.1 Å². The predicted molar refractivity (Wildman–Crippen MR) is 99.2 cm³/mol. The Hall–Kier alpha value is -2.69. The third kappa shape index (κ3) is 3.93. The van der Waals surface area contributed by atoms with Gasteiger partial charge in [0, 0.05) is 19.5 Å². The maximum atomic E-state index is 13.9. The zero-order valence-electron chi connectivity index (χ0n) is 15.0. The molecule has 1 aliphatic heterocycles. The number of carbonyl (C=O) groups excluding carboxylic acids is 2. The van der Waals surface area contributed by atoms with Crippen LogP contribution in [0.2, 0.25) is 0 Å². The van der Waals surface area contributed by atoms with E-state index in [1.807, 2.05) is 12.1 Å². The minimum Gasteiger partial charge on any atom is -0.352 e. The van der Waals surface area contributed by atoms with E-state index in [0.717, 1.165) is 5.56 Å². The summed E-state index contributed by atoms with van der Waals surface area (Å²) in [6, 6.07) is 14.3. The molecule has 1 N–H and O–H groups in total. The normalized spacial score (nSPS) is 17.0. The van der Waals surface area contributed by atoms with Gasteiger partial charge in [-0.1, -0.05) is 50.2 Å². The van der Waals surface area contributed by atoms with Gasteiger partial charge in [-0.15, -0.1) is 0 Å². The van der Waals surface area contributed by atoms with Crippen LogP contribution >= 0.6 is 0 Å². The van der Waals surface area contributed by atoms with E-state index in [9.17, 15) is 14.0 Å². The number of hydrogen-bond donors (Lipinski definition) is 1. The first kappa shape index (κ1) is 18.1. The van der Waals surface area contributed by atoms with Crippen LogP contribution in [-0.4, -0.2) is 18.4 Å². The molecule has 1 aliphatic rings. The van der Waals surface area contributed by atoms with Gasteiger partial charge in [0.05, 0.1) is 11.6 Å². The summed E-state index contributed by atoms with van der Waals surface area (Å²) in [7, 11) is 0. The summed E-state index contributed by atoms with van der Waals surface area (Å²) in [6.07, 6.45) is 0.104. The van der Waals surface area contributed by atoms with Crippen LogP contribution in [0.5, 0.6) is 0 Å². The number of carbonyl (C=O) groups is 2. The predicted octanol–water partition coefficient (Wildman–Crippen LogP) is 3.62. The summed E-state index contributed by atoms with van der Waals surface area (Å²) in [5.74, 6) is -0.849. The second kappa shape index (κ2) is 7.68. The quantitative estimate of drug-likeness (QED) is 0.892. The summed E-state index contributed by atoms with van der Waals surface area (Å²) in [5, 5.41) is 2.89. The molecule has 0 aromatic heterocycles.